The lowest BCUT2D eigenvalue weighted by atomic mass is 10.0. The van der Waals surface area contributed by atoms with Crippen molar-refractivity contribution in [1.29, 1.82) is 0 Å². The normalized spacial score (nSPS) is 13.7. The molecule has 2 amide bonds. The van der Waals surface area contributed by atoms with Gasteiger partial charge in [0.2, 0.25) is 0 Å². The summed E-state index contributed by atoms with van der Waals surface area (Å²) in [6.07, 6.45) is 2.53. The number of thioether (sulfide) groups is 1. The molecular formula is C13H19FN2O2S. The Morgan fingerprint density at radius 1 is 1.47 bits per heavy atom. The molecule has 0 radical (unpaired) electrons. The number of anilines is 1. The molecule has 0 aliphatic heterocycles. The zero-order valence-corrected chi connectivity index (χ0v) is 11.9. The van der Waals surface area contributed by atoms with E-state index in [1.807, 2.05) is 6.26 Å². The number of hydrogen-bond acceptors (Lipinski definition) is 3. The summed E-state index contributed by atoms with van der Waals surface area (Å²) in [5.41, 5.74) is -0.848. The maximum absolute atomic E-state index is 13.3. The third-order valence-electron chi connectivity index (χ3n) is 2.60. The summed E-state index contributed by atoms with van der Waals surface area (Å²) >= 11 is 1.63. The van der Waals surface area contributed by atoms with Crippen LogP contribution in [-0.2, 0) is 0 Å². The standard InChI is InChI=1S/C13H19FN2O2S/c1-13(18,7-8-19-2)9-15-12(17)16-11-6-4-3-5-10(11)14/h3-6,18H,7-9H2,1-2H3,(H2,15,16,17)/t13-/m1/s1. The fourth-order valence-electron chi connectivity index (χ4n) is 1.41. The van der Waals surface area contributed by atoms with Gasteiger partial charge >= 0.3 is 6.03 Å². The highest BCUT2D eigenvalue weighted by molar-refractivity contribution is 7.98. The van der Waals surface area contributed by atoms with Gasteiger partial charge in [0.05, 0.1) is 11.3 Å². The quantitative estimate of drug-likeness (QED) is 0.753. The zero-order chi connectivity index (χ0) is 14.3. The molecule has 19 heavy (non-hydrogen) atoms. The lowest BCUT2D eigenvalue weighted by Gasteiger charge is -2.23. The highest BCUT2D eigenvalue weighted by Gasteiger charge is 2.20. The SMILES string of the molecule is CSCC[C@@](C)(O)CNC(=O)Nc1ccccc1F. The third-order valence-corrected chi connectivity index (χ3v) is 3.21. The summed E-state index contributed by atoms with van der Waals surface area (Å²) in [6, 6.07) is 5.39. The molecular weight excluding hydrogens is 267 g/mol. The number of rotatable bonds is 6. The van der Waals surface area contributed by atoms with Crippen molar-refractivity contribution in [3.63, 3.8) is 0 Å². The van der Waals surface area contributed by atoms with Gasteiger partial charge < -0.3 is 15.7 Å². The van der Waals surface area contributed by atoms with Crippen molar-refractivity contribution in [2.75, 3.05) is 23.9 Å². The van der Waals surface area contributed by atoms with Crippen LogP contribution in [0.3, 0.4) is 0 Å². The fraction of sp³-hybridized carbons (Fsp3) is 0.462. The Morgan fingerprint density at radius 3 is 2.79 bits per heavy atom. The lowest BCUT2D eigenvalue weighted by molar-refractivity contribution is 0.0599. The maximum Gasteiger partial charge on any atom is 0.319 e. The van der Waals surface area contributed by atoms with Crippen LogP contribution in [0.5, 0.6) is 0 Å². The Kier molecular flexibility index (Phi) is 6.11. The van der Waals surface area contributed by atoms with E-state index in [4.69, 9.17) is 0 Å². The van der Waals surface area contributed by atoms with Crippen LogP contribution in [0, 0.1) is 5.82 Å². The Morgan fingerprint density at radius 2 is 2.16 bits per heavy atom. The van der Waals surface area contributed by atoms with E-state index in [1.54, 1.807) is 30.8 Å². The highest BCUT2D eigenvalue weighted by atomic mass is 32.2. The van der Waals surface area contributed by atoms with Gasteiger partial charge in [0.25, 0.3) is 0 Å². The predicted octanol–water partition coefficient (Wildman–Crippen LogP) is 2.45. The summed E-state index contributed by atoms with van der Waals surface area (Å²) < 4.78 is 13.3. The van der Waals surface area contributed by atoms with Crippen molar-refractivity contribution >= 4 is 23.5 Å². The third kappa shape index (κ3) is 5.94. The first kappa shape index (κ1) is 15.8. The Hall–Kier alpha value is -1.27. The molecule has 1 aromatic rings. The van der Waals surface area contributed by atoms with Crippen molar-refractivity contribution in [1.82, 2.24) is 5.32 Å². The molecule has 6 heteroatoms. The summed E-state index contributed by atoms with van der Waals surface area (Å²) in [5, 5.41) is 14.9. The van der Waals surface area contributed by atoms with Gasteiger partial charge in [-0.05, 0) is 37.5 Å². The second-order valence-electron chi connectivity index (χ2n) is 4.53. The number of amides is 2. The van der Waals surface area contributed by atoms with Gasteiger partial charge in [-0.1, -0.05) is 12.1 Å². The van der Waals surface area contributed by atoms with E-state index in [1.165, 1.54) is 12.1 Å². The molecule has 1 aromatic carbocycles. The number of aliphatic hydroxyl groups is 1. The Balaban J connectivity index is 2.42. The van der Waals surface area contributed by atoms with Crippen LogP contribution in [0.25, 0.3) is 0 Å². The van der Waals surface area contributed by atoms with Crippen LogP contribution in [-0.4, -0.2) is 35.3 Å². The Bertz CT molecular complexity index is 427. The van der Waals surface area contributed by atoms with Crippen LogP contribution < -0.4 is 10.6 Å². The number of hydrogen-bond donors (Lipinski definition) is 3. The number of benzene rings is 1. The topological polar surface area (TPSA) is 61.4 Å². The minimum Gasteiger partial charge on any atom is -0.388 e. The number of carbonyl (C=O) groups is 1. The molecule has 0 saturated heterocycles. The molecule has 0 unspecified atom stereocenters. The molecule has 4 nitrogen and oxygen atoms in total. The van der Waals surface area contributed by atoms with Gasteiger partial charge in [0.15, 0.2) is 0 Å². The molecule has 1 rings (SSSR count). The first-order chi connectivity index (χ1) is 8.94. The first-order valence-electron chi connectivity index (χ1n) is 5.95. The molecule has 0 bridgehead atoms. The van der Waals surface area contributed by atoms with E-state index in [9.17, 15) is 14.3 Å². The van der Waals surface area contributed by atoms with E-state index < -0.39 is 17.4 Å². The van der Waals surface area contributed by atoms with Gasteiger partial charge in [0, 0.05) is 6.54 Å². The van der Waals surface area contributed by atoms with Crippen LogP contribution in [0.15, 0.2) is 24.3 Å². The monoisotopic (exact) mass is 286 g/mol. The minimum atomic E-state index is -0.963. The largest absolute Gasteiger partial charge is 0.388 e. The molecule has 0 heterocycles. The van der Waals surface area contributed by atoms with Crippen LogP contribution in [0.2, 0.25) is 0 Å². The molecule has 0 aliphatic carbocycles. The van der Waals surface area contributed by atoms with Gasteiger partial charge in [0.1, 0.15) is 5.82 Å². The average molecular weight is 286 g/mol. The highest BCUT2D eigenvalue weighted by Crippen LogP contribution is 2.13. The van der Waals surface area contributed by atoms with Crippen molar-refractivity contribution < 1.29 is 14.3 Å². The minimum absolute atomic E-state index is 0.115. The molecule has 1 atom stereocenters. The molecule has 0 aromatic heterocycles. The van der Waals surface area contributed by atoms with Crippen molar-refractivity contribution in [3.05, 3.63) is 30.1 Å². The first-order valence-corrected chi connectivity index (χ1v) is 7.35. The van der Waals surface area contributed by atoms with E-state index in [-0.39, 0.29) is 12.2 Å². The van der Waals surface area contributed by atoms with Gasteiger partial charge in [-0.2, -0.15) is 11.8 Å². The van der Waals surface area contributed by atoms with Gasteiger partial charge in [-0.25, -0.2) is 9.18 Å². The smallest absolute Gasteiger partial charge is 0.319 e. The molecule has 0 saturated carbocycles. The molecule has 0 aliphatic rings. The summed E-state index contributed by atoms with van der Waals surface area (Å²) in [5.74, 6) is 0.315. The van der Waals surface area contributed by atoms with Gasteiger partial charge in [-0.3, -0.25) is 0 Å². The lowest BCUT2D eigenvalue weighted by Crippen LogP contribution is -2.42. The summed E-state index contributed by atoms with van der Waals surface area (Å²) in [7, 11) is 0. The second kappa shape index (κ2) is 7.35. The van der Waals surface area contributed by atoms with Gasteiger partial charge in [-0.15, -0.1) is 0 Å². The number of nitrogens with one attached hydrogen (secondary N) is 2. The number of carbonyl (C=O) groups excluding carboxylic acids is 1. The van der Waals surface area contributed by atoms with Crippen LogP contribution in [0.1, 0.15) is 13.3 Å². The number of urea groups is 1. The molecule has 0 spiro atoms. The molecule has 0 fully saturated rings. The van der Waals surface area contributed by atoms with E-state index in [0.29, 0.717) is 6.42 Å². The second-order valence-corrected chi connectivity index (χ2v) is 5.51. The van der Waals surface area contributed by atoms with E-state index >= 15 is 0 Å². The molecule has 106 valence electrons. The maximum atomic E-state index is 13.3. The van der Waals surface area contributed by atoms with E-state index in [2.05, 4.69) is 10.6 Å². The fourth-order valence-corrected chi connectivity index (χ4v) is 2.05. The van der Waals surface area contributed by atoms with E-state index in [0.717, 1.165) is 5.75 Å². The van der Waals surface area contributed by atoms with Crippen molar-refractivity contribution in [2.45, 2.75) is 18.9 Å². The summed E-state index contributed by atoms with van der Waals surface area (Å²) in [6.45, 7) is 1.78. The van der Waals surface area contributed by atoms with Crippen LogP contribution >= 0.6 is 11.8 Å². The number of para-hydroxylation sites is 1. The number of halogens is 1. The average Bonchev–Trinajstić information content (AvgIpc) is 2.37. The molecule has 3 N–H and O–H groups in total. The van der Waals surface area contributed by atoms with Crippen molar-refractivity contribution in [2.24, 2.45) is 0 Å². The van der Waals surface area contributed by atoms with Crippen LogP contribution in [0.4, 0.5) is 14.9 Å². The predicted molar refractivity (Wildman–Crippen MR) is 77.0 cm³/mol. The zero-order valence-electron chi connectivity index (χ0n) is 11.1. The van der Waals surface area contributed by atoms with Crippen molar-refractivity contribution in [3.8, 4) is 0 Å². The Labute approximate surface area is 116 Å². The summed E-state index contributed by atoms with van der Waals surface area (Å²) in [4.78, 5) is 11.6.